The van der Waals surface area contributed by atoms with Gasteiger partial charge in [-0.2, -0.15) is 8.78 Å². The highest BCUT2D eigenvalue weighted by atomic mass is 19.3. The Morgan fingerprint density at radius 1 is 1.38 bits per heavy atom. The molecular weight excluding hydrogens is 350 g/mol. The van der Waals surface area contributed by atoms with Crippen LogP contribution in [0.15, 0.2) is 18.2 Å². The lowest BCUT2D eigenvalue weighted by Gasteiger charge is -2.33. The number of carboxylic acid groups (broad SMARTS) is 1. The van der Waals surface area contributed by atoms with E-state index in [0.29, 0.717) is 23.8 Å². The van der Waals surface area contributed by atoms with Crippen LogP contribution >= 0.6 is 0 Å². The molecule has 1 N–H and O–H groups in total. The molecule has 0 spiro atoms. The van der Waals surface area contributed by atoms with Gasteiger partial charge in [0.1, 0.15) is 17.7 Å². The quantitative estimate of drug-likeness (QED) is 0.829. The normalized spacial score (nSPS) is 17.2. The number of nitrogens with zero attached hydrogens (tertiary/aromatic N) is 4. The number of aliphatic carboxylic acids is 1. The maximum absolute atomic E-state index is 12.4. The predicted octanol–water partition coefficient (Wildman–Crippen LogP) is 1.67. The van der Waals surface area contributed by atoms with Crippen LogP contribution in [-0.4, -0.2) is 50.5 Å². The molecule has 1 aliphatic rings. The van der Waals surface area contributed by atoms with Gasteiger partial charge in [-0.05, 0) is 24.6 Å². The van der Waals surface area contributed by atoms with E-state index in [1.807, 2.05) is 0 Å². The van der Waals surface area contributed by atoms with Gasteiger partial charge in [0, 0.05) is 6.54 Å². The Bertz CT molecular complexity index is 812. The molecule has 1 aromatic carbocycles. The summed E-state index contributed by atoms with van der Waals surface area (Å²) in [5.74, 6) is 0.486. The van der Waals surface area contributed by atoms with Gasteiger partial charge in [-0.25, -0.2) is 0 Å². The van der Waals surface area contributed by atoms with Crippen LogP contribution in [0.1, 0.15) is 17.2 Å². The number of methoxy groups -OCH3 is 1. The monoisotopic (exact) mass is 368 g/mol. The molecule has 3 rings (SSSR count). The van der Waals surface area contributed by atoms with Crippen LogP contribution in [0.25, 0.3) is 0 Å². The van der Waals surface area contributed by atoms with E-state index in [9.17, 15) is 18.7 Å². The minimum absolute atomic E-state index is 0.0740. The zero-order valence-corrected chi connectivity index (χ0v) is 14.2. The number of aromatic nitrogens is 3. The van der Waals surface area contributed by atoms with Crippen molar-refractivity contribution in [3.8, 4) is 11.5 Å². The number of benzene rings is 1. The number of aryl methyl sites for hydroxylation is 1. The zero-order chi connectivity index (χ0) is 18.8. The average Bonchev–Trinajstić information content (AvgIpc) is 2.95. The van der Waals surface area contributed by atoms with E-state index in [1.165, 1.54) is 13.2 Å². The van der Waals surface area contributed by atoms with Crippen LogP contribution in [0, 0.1) is 6.92 Å². The van der Waals surface area contributed by atoms with Crippen molar-refractivity contribution in [2.45, 2.75) is 39.2 Å². The fraction of sp³-hybridized carbons (Fsp3) is 0.438. The lowest BCUT2D eigenvalue weighted by atomic mass is 10.1. The third-order valence-corrected chi connectivity index (χ3v) is 4.27. The molecule has 0 bridgehead atoms. The van der Waals surface area contributed by atoms with Crippen LogP contribution in [0.4, 0.5) is 8.78 Å². The largest absolute Gasteiger partial charge is 0.493 e. The first-order chi connectivity index (χ1) is 12.4. The number of rotatable bonds is 6. The van der Waals surface area contributed by atoms with Gasteiger partial charge in [0.2, 0.25) is 0 Å². The van der Waals surface area contributed by atoms with E-state index in [2.05, 4.69) is 14.9 Å². The van der Waals surface area contributed by atoms with E-state index in [-0.39, 0.29) is 24.6 Å². The summed E-state index contributed by atoms with van der Waals surface area (Å²) in [4.78, 5) is 13.4. The molecule has 0 saturated heterocycles. The molecule has 26 heavy (non-hydrogen) atoms. The van der Waals surface area contributed by atoms with E-state index in [0.717, 1.165) is 0 Å². The Hall–Kier alpha value is -2.75. The van der Waals surface area contributed by atoms with Gasteiger partial charge in [-0.15, -0.1) is 10.2 Å². The van der Waals surface area contributed by atoms with Crippen molar-refractivity contribution in [2.75, 3.05) is 7.11 Å². The highest BCUT2D eigenvalue weighted by Gasteiger charge is 2.33. The summed E-state index contributed by atoms with van der Waals surface area (Å²) < 4.78 is 36.1. The number of ether oxygens (including phenoxy) is 2. The minimum atomic E-state index is -2.96. The molecule has 2 aromatic rings. The number of carbonyl (C=O) groups is 1. The Morgan fingerprint density at radius 3 is 2.81 bits per heavy atom. The highest BCUT2D eigenvalue weighted by Crippen LogP contribution is 2.30. The SMILES string of the molecule is COc1cc(CN2Cc3nnc(C)n3CC2C(=O)O)ccc1OC(F)F. The predicted molar refractivity (Wildman–Crippen MR) is 85.1 cm³/mol. The van der Waals surface area contributed by atoms with Gasteiger partial charge in [-0.3, -0.25) is 9.69 Å². The van der Waals surface area contributed by atoms with E-state index in [1.54, 1.807) is 28.5 Å². The molecule has 1 atom stereocenters. The van der Waals surface area contributed by atoms with Crippen molar-refractivity contribution in [1.82, 2.24) is 19.7 Å². The van der Waals surface area contributed by atoms with Crippen LogP contribution < -0.4 is 9.47 Å². The summed E-state index contributed by atoms with van der Waals surface area (Å²) in [6, 6.07) is 3.79. The summed E-state index contributed by atoms with van der Waals surface area (Å²) in [6.07, 6.45) is 0. The second kappa shape index (κ2) is 7.24. The van der Waals surface area contributed by atoms with E-state index in [4.69, 9.17) is 4.74 Å². The summed E-state index contributed by atoms with van der Waals surface area (Å²) in [5, 5.41) is 17.6. The molecule has 0 saturated carbocycles. The smallest absolute Gasteiger partial charge is 0.387 e. The summed E-state index contributed by atoms with van der Waals surface area (Å²) in [7, 11) is 1.35. The second-order valence-electron chi connectivity index (χ2n) is 5.90. The Labute approximate surface area is 148 Å². The number of alkyl halides is 2. The maximum Gasteiger partial charge on any atom is 0.387 e. The summed E-state index contributed by atoms with van der Waals surface area (Å²) >= 11 is 0. The van der Waals surface area contributed by atoms with Crippen molar-refractivity contribution >= 4 is 5.97 Å². The zero-order valence-electron chi connectivity index (χ0n) is 14.2. The minimum Gasteiger partial charge on any atom is -0.493 e. The van der Waals surface area contributed by atoms with Crippen molar-refractivity contribution in [3.05, 3.63) is 35.4 Å². The third kappa shape index (κ3) is 3.59. The average molecular weight is 368 g/mol. The Morgan fingerprint density at radius 2 is 2.15 bits per heavy atom. The fourth-order valence-electron chi connectivity index (χ4n) is 3.00. The summed E-state index contributed by atoms with van der Waals surface area (Å²) in [5.41, 5.74) is 0.708. The first-order valence-corrected chi connectivity index (χ1v) is 7.86. The van der Waals surface area contributed by atoms with Crippen LogP contribution in [0.2, 0.25) is 0 Å². The van der Waals surface area contributed by atoms with Crippen molar-refractivity contribution in [3.63, 3.8) is 0 Å². The lowest BCUT2D eigenvalue weighted by molar-refractivity contribution is -0.145. The molecular formula is C16H18F2N4O4. The van der Waals surface area contributed by atoms with E-state index < -0.39 is 18.6 Å². The maximum atomic E-state index is 12.4. The van der Waals surface area contributed by atoms with Crippen LogP contribution in [0.5, 0.6) is 11.5 Å². The lowest BCUT2D eigenvalue weighted by Crippen LogP contribution is -2.47. The van der Waals surface area contributed by atoms with Crippen LogP contribution in [-0.2, 0) is 24.4 Å². The molecule has 140 valence electrons. The van der Waals surface area contributed by atoms with E-state index >= 15 is 0 Å². The van der Waals surface area contributed by atoms with Gasteiger partial charge in [-0.1, -0.05) is 6.07 Å². The number of hydrogen-bond acceptors (Lipinski definition) is 6. The van der Waals surface area contributed by atoms with Crippen LogP contribution in [0.3, 0.4) is 0 Å². The van der Waals surface area contributed by atoms with Crippen molar-refractivity contribution in [1.29, 1.82) is 0 Å². The molecule has 0 fully saturated rings. The number of fused-ring (bicyclic) bond motifs is 1. The Balaban J connectivity index is 1.83. The van der Waals surface area contributed by atoms with Crippen molar-refractivity contribution < 1.29 is 28.2 Å². The van der Waals surface area contributed by atoms with Gasteiger partial charge in [0.15, 0.2) is 11.5 Å². The van der Waals surface area contributed by atoms with Gasteiger partial charge >= 0.3 is 12.6 Å². The highest BCUT2D eigenvalue weighted by molar-refractivity contribution is 5.73. The number of carboxylic acids is 1. The van der Waals surface area contributed by atoms with Gasteiger partial charge < -0.3 is 19.1 Å². The molecule has 1 aliphatic heterocycles. The molecule has 2 heterocycles. The van der Waals surface area contributed by atoms with Gasteiger partial charge in [0.25, 0.3) is 0 Å². The summed E-state index contributed by atoms with van der Waals surface area (Å²) in [6.45, 7) is -0.336. The Kier molecular flexibility index (Phi) is 5.03. The first kappa shape index (κ1) is 18.1. The third-order valence-electron chi connectivity index (χ3n) is 4.27. The molecule has 0 radical (unpaired) electrons. The molecule has 1 unspecified atom stereocenters. The number of hydrogen-bond donors (Lipinski definition) is 1. The molecule has 8 nitrogen and oxygen atoms in total. The standard InChI is InChI=1S/C16H18F2N4O4/c1-9-19-20-14-8-21(11(15(23)24)7-22(9)14)6-10-3-4-12(26-16(17)18)13(5-10)25-2/h3-5,11,16H,6-8H2,1-2H3,(H,23,24). The molecule has 10 heteroatoms. The topological polar surface area (TPSA) is 89.7 Å². The second-order valence-corrected chi connectivity index (χ2v) is 5.90. The van der Waals surface area contributed by atoms with Crippen molar-refractivity contribution in [2.24, 2.45) is 0 Å². The van der Waals surface area contributed by atoms with Gasteiger partial charge in [0.05, 0.1) is 20.2 Å². The fourth-order valence-corrected chi connectivity index (χ4v) is 3.00. The molecule has 1 aromatic heterocycles. The first-order valence-electron chi connectivity index (χ1n) is 7.86. The molecule has 0 amide bonds. The molecule has 0 aliphatic carbocycles. The number of halogens is 2.